The molecule has 6 nitrogen and oxygen atoms in total. The lowest BCUT2D eigenvalue weighted by molar-refractivity contribution is 0.158. The van der Waals surface area contributed by atoms with Gasteiger partial charge in [-0.05, 0) is 20.8 Å². The van der Waals surface area contributed by atoms with Crippen LogP contribution in [-0.4, -0.2) is 29.5 Å². The van der Waals surface area contributed by atoms with Gasteiger partial charge in [0.25, 0.3) is 0 Å². The number of hydrogen-bond donors (Lipinski definition) is 2. The van der Waals surface area contributed by atoms with Crippen molar-refractivity contribution < 1.29 is 22.4 Å². The van der Waals surface area contributed by atoms with Crippen LogP contribution in [0.4, 0.5) is 0 Å². The molecule has 12 heavy (non-hydrogen) atoms. The molecule has 0 heterocycles. The lowest BCUT2D eigenvalue weighted by Crippen LogP contribution is -2.35. The van der Waals surface area contributed by atoms with Gasteiger partial charge in [0, 0.05) is 0 Å². The first-order valence-corrected chi connectivity index (χ1v) is 4.43. The van der Waals surface area contributed by atoms with Crippen LogP contribution in [-0.2, 0) is 14.6 Å². The van der Waals surface area contributed by atoms with Crippen molar-refractivity contribution in [1.29, 1.82) is 0 Å². The van der Waals surface area contributed by atoms with Gasteiger partial charge in [0.05, 0.1) is 5.71 Å². The lowest BCUT2D eigenvalue weighted by atomic mass is 10.1. The predicted octanol–water partition coefficient (Wildman–Crippen LogP) is 0.435. The Bertz CT molecular complexity index is 278. The van der Waals surface area contributed by atoms with Crippen molar-refractivity contribution in [3.8, 4) is 0 Å². The van der Waals surface area contributed by atoms with Gasteiger partial charge in [0.15, 0.2) is 0 Å². The van der Waals surface area contributed by atoms with Gasteiger partial charge in [-0.25, -0.2) is 4.18 Å². The number of rotatable bonds is 3. The molecule has 0 aliphatic rings. The van der Waals surface area contributed by atoms with Gasteiger partial charge in [0.1, 0.15) is 5.60 Å². The molecule has 0 aromatic carbocycles. The quantitative estimate of drug-likeness (QED) is 0.296. The minimum absolute atomic E-state index is 0.0418. The van der Waals surface area contributed by atoms with Crippen LogP contribution in [0.2, 0.25) is 0 Å². The second-order valence-corrected chi connectivity index (χ2v) is 3.73. The average Bonchev–Trinajstić information content (AvgIpc) is 1.80. The third kappa shape index (κ3) is 3.65. The summed E-state index contributed by atoms with van der Waals surface area (Å²) in [6.07, 6.45) is 0. The zero-order valence-electron chi connectivity index (χ0n) is 6.97. The summed E-state index contributed by atoms with van der Waals surface area (Å²) in [5, 5.41) is 11.1. The lowest BCUT2D eigenvalue weighted by Gasteiger charge is -2.20. The SMILES string of the molecule is C/C(=N\O)C(C)(C)OS(=O)(=O)O. The first kappa shape index (κ1) is 11.3. The molecule has 0 bridgehead atoms. The molecular formula is C5H11NO5S. The molecule has 0 unspecified atom stereocenters. The van der Waals surface area contributed by atoms with E-state index in [0.29, 0.717) is 0 Å². The minimum Gasteiger partial charge on any atom is -0.411 e. The van der Waals surface area contributed by atoms with Crippen molar-refractivity contribution in [3.05, 3.63) is 0 Å². The highest BCUT2D eigenvalue weighted by Gasteiger charge is 2.29. The van der Waals surface area contributed by atoms with Crippen LogP contribution >= 0.6 is 0 Å². The highest BCUT2D eigenvalue weighted by atomic mass is 32.3. The normalized spacial score (nSPS) is 14.8. The molecule has 0 fully saturated rings. The first-order chi connectivity index (χ1) is 5.19. The fourth-order valence-corrected chi connectivity index (χ4v) is 1.09. The summed E-state index contributed by atoms with van der Waals surface area (Å²) in [5.74, 6) is 0. The molecule has 0 saturated carbocycles. The summed E-state index contributed by atoms with van der Waals surface area (Å²) in [7, 11) is -4.53. The van der Waals surface area contributed by atoms with Gasteiger partial charge in [0.2, 0.25) is 0 Å². The Morgan fingerprint density at radius 2 is 1.92 bits per heavy atom. The van der Waals surface area contributed by atoms with Gasteiger partial charge >= 0.3 is 10.4 Å². The second-order valence-electron chi connectivity index (χ2n) is 2.71. The summed E-state index contributed by atoms with van der Waals surface area (Å²) in [6.45, 7) is 4.05. The first-order valence-electron chi connectivity index (χ1n) is 3.06. The van der Waals surface area contributed by atoms with E-state index in [9.17, 15) is 8.42 Å². The Morgan fingerprint density at radius 1 is 1.50 bits per heavy atom. The minimum atomic E-state index is -4.53. The Balaban J connectivity index is 4.67. The van der Waals surface area contributed by atoms with E-state index in [1.807, 2.05) is 0 Å². The van der Waals surface area contributed by atoms with Crippen LogP contribution in [0.1, 0.15) is 20.8 Å². The zero-order valence-corrected chi connectivity index (χ0v) is 7.79. The highest BCUT2D eigenvalue weighted by molar-refractivity contribution is 7.81. The maximum absolute atomic E-state index is 10.3. The molecule has 0 radical (unpaired) electrons. The maximum Gasteiger partial charge on any atom is 0.398 e. The van der Waals surface area contributed by atoms with Gasteiger partial charge in [-0.1, -0.05) is 5.16 Å². The van der Waals surface area contributed by atoms with Gasteiger partial charge in [-0.2, -0.15) is 8.42 Å². The van der Waals surface area contributed by atoms with Crippen molar-refractivity contribution in [1.82, 2.24) is 0 Å². The van der Waals surface area contributed by atoms with Crippen LogP contribution in [0, 0.1) is 0 Å². The molecule has 72 valence electrons. The number of hydrogen-bond acceptors (Lipinski definition) is 5. The monoisotopic (exact) mass is 197 g/mol. The fraction of sp³-hybridized carbons (Fsp3) is 0.800. The maximum atomic E-state index is 10.3. The number of oxime groups is 1. The molecule has 7 heteroatoms. The standard InChI is InChI=1S/C5H11NO5S/c1-4(6-7)5(2,3)11-12(8,9)10/h7H,1-3H3,(H,8,9,10)/b6-4+. The van der Waals surface area contributed by atoms with Crippen LogP contribution < -0.4 is 0 Å². The van der Waals surface area contributed by atoms with E-state index in [2.05, 4.69) is 9.34 Å². The van der Waals surface area contributed by atoms with Crippen molar-refractivity contribution in [3.63, 3.8) is 0 Å². The van der Waals surface area contributed by atoms with E-state index in [4.69, 9.17) is 9.76 Å². The summed E-state index contributed by atoms with van der Waals surface area (Å²) in [6, 6.07) is 0. The van der Waals surface area contributed by atoms with E-state index in [0.717, 1.165) is 0 Å². The summed E-state index contributed by atoms with van der Waals surface area (Å²) < 4.78 is 33.1. The van der Waals surface area contributed by atoms with Crippen LogP contribution in [0.15, 0.2) is 5.16 Å². The zero-order chi connectivity index (χ0) is 9.99. The predicted molar refractivity (Wildman–Crippen MR) is 41.6 cm³/mol. The summed E-state index contributed by atoms with van der Waals surface area (Å²) in [4.78, 5) is 0. The fourth-order valence-electron chi connectivity index (χ4n) is 0.444. The summed E-state index contributed by atoms with van der Waals surface area (Å²) in [5.41, 5.74) is -1.30. The van der Waals surface area contributed by atoms with Crippen molar-refractivity contribution in [2.45, 2.75) is 26.4 Å². The molecule has 0 amide bonds. The van der Waals surface area contributed by atoms with Crippen molar-refractivity contribution in [2.24, 2.45) is 5.16 Å². The van der Waals surface area contributed by atoms with Crippen LogP contribution in [0.25, 0.3) is 0 Å². The van der Waals surface area contributed by atoms with E-state index in [-0.39, 0.29) is 5.71 Å². The van der Waals surface area contributed by atoms with Crippen molar-refractivity contribution in [2.75, 3.05) is 0 Å². The average molecular weight is 197 g/mol. The molecule has 0 atom stereocenters. The Morgan fingerprint density at radius 3 is 2.17 bits per heavy atom. The molecule has 0 spiro atoms. The molecule has 0 aromatic heterocycles. The molecule has 0 rings (SSSR count). The Labute approximate surface area is 70.8 Å². The smallest absolute Gasteiger partial charge is 0.398 e. The molecule has 0 aliphatic carbocycles. The molecule has 0 aromatic rings. The van der Waals surface area contributed by atoms with E-state index < -0.39 is 16.0 Å². The topological polar surface area (TPSA) is 96.2 Å². The van der Waals surface area contributed by atoms with E-state index >= 15 is 0 Å². The molecule has 0 aliphatic heterocycles. The third-order valence-electron chi connectivity index (χ3n) is 1.33. The van der Waals surface area contributed by atoms with Crippen LogP contribution in [0.5, 0.6) is 0 Å². The third-order valence-corrected chi connectivity index (χ3v) is 1.96. The second kappa shape index (κ2) is 3.38. The summed E-state index contributed by atoms with van der Waals surface area (Å²) >= 11 is 0. The van der Waals surface area contributed by atoms with E-state index in [1.165, 1.54) is 20.8 Å². The Kier molecular flexibility index (Phi) is 3.19. The van der Waals surface area contributed by atoms with Crippen molar-refractivity contribution >= 4 is 16.1 Å². The largest absolute Gasteiger partial charge is 0.411 e. The Hall–Kier alpha value is -0.660. The highest BCUT2D eigenvalue weighted by Crippen LogP contribution is 2.14. The van der Waals surface area contributed by atoms with Gasteiger partial charge in [-0.15, -0.1) is 0 Å². The van der Waals surface area contributed by atoms with Gasteiger partial charge in [-0.3, -0.25) is 4.55 Å². The van der Waals surface area contributed by atoms with Gasteiger partial charge < -0.3 is 5.21 Å². The van der Waals surface area contributed by atoms with Crippen LogP contribution in [0.3, 0.4) is 0 Å². The molecule has 0 saturated heterocycles. The number of nitrogens with zero attached hydrogens (tertiary/aromatic N) is 1. The molecular weight excluding hydrogens is 186 g/mol. The van der Waals surface area contributed by atoms with E-state index in [1.54, 1.807) is 0 Å². The molecule has 2 N–H and O–H groups in total.